The van der Waals surface area contributed by atoms with Crippen LogP contribution in [0.15, 0.2) is 30.3 Å². The molecule has 5 nitrogen and oxygen atoms in total. The van der Waals surface area contributed by atoms with Gasteiger partial charge in [0, 0.05) is 13.1 Å². The van der Waals surface area contributed by atoms with Gasteiger partial charge in [0.25, 0.3) is 0 Å². The van der Waals surface area contributed by atoms with Crippen LogP contribution >= 0.6 is 0 Å². The van der Waals surface area contributed by atoms with E-state index in [4.69, 9.17) is 0 Å². The van der Waals surface area contributed by atoms with Crippen molar-refractivity contribution in [2.45, 2.75) is 13.5 Å². The topological polar surface area (TPSA) is 55.8 Å². The molecule has 1 aromatic carbocycles. The van der Waals surface area contributed by atoms with Crippen molar-refractivity contribution in [1.29, 1.82) is 0 Å². The summed E-state index contributed by atoms with van der Waals surface area (Å²) in [7, 11) is -2.74. The molecule has 1 rings (SSSR count). The summed E-state index contributed by atoms with van der Waals surface area (Å²) in [6, 6.07) is 10.0. The summed E-state index contributed by atoms with van der Waals surface area (Å²) in [6.07, 6.45) is 0. The summed E-state index contributed by atoms with van der Waals surface area (Å²) in [4.78, 5) is 2.10. The van der Waals surface area contributed by atoms with E-state index in [1.54, 1.807) is 0 Å². The molecule has 0 heterocycles. The average Bonchev–Trinajstić information content (AvgIpc) is 2.38. The van der Waals surface area contributed by atoms with E-state index in [9.17, 15) is 8.42 Å². The highest BCUT2D eigenvalue weighted by Crippen LogP contribution is 2.04. The van der Waals surface area contributed by atoms with Gasteiger partial charge in [0.05, 0.1) is 13.7 Å². The van der Waals surface area contributed by atoms with Gasteiger partial charge >= 0.3 is 10.4 Å². The van der Waals surface area contributed by atoms with Crippen molar-refractivity contribution in [3.05, 3.63) is 35.9 Å². The molecular formula is C12H19NO4S. The first-order valence-electron chi connectivity index (χ1n) is 5.78. The first kappa shape index (κ1) is 15.1. The van der Waals surface area contributed by atoms with Crippen LogP contribution < -0.4 is 0 Å². The van der Waals surface area contributed by atoms with Gasteiger partial charge in [-0.25, -0.2) is 4.18 Å². The maximum Gasteiger partial charge on any atom is 0.399 e. The molecule has 0 atom stereocenters. The second-order valence-corrected chi connectivity index (χ2v) is 5.14. The molecule has 1 aromatic rings. The van der Waals surface area contributed by atoms with Crippen LogP contribution in [0.25, 0.3) is 0 Å². The van der Waals surface area contributed by atoms with E-state index in [0.717, 1.165) is 20.2 Å². The number of likely N-dealkylation sites (N-methyl/N-ethyl adjacent to an activating group) is 1. The highest BCUT2D eigenvalue weighted by atomic mass is 32.3. The molecule has 0 aliphatic carbocycles. The third-order valence-corrected chi connectivity index (χ3v) is 3.40. The second kappa shape index (κ2) is 7.48. The van der Waals surface area contributed by atoms with E-state index < -0.39 is 10.4 Å². The first-order chi connectivity index (χ1) is 8.57. The maximum atomic E-state index is 11.0. The van der Waals surface area contributed by atoms with Crippen molar-refractivity contribution in [3.63, 3.8) is 0 Å². The lowest BCUT2D eigenvalue weighted by atomic mass is 10.2. The standard InChI is InChI=1S/C12H19NO4S/c1-3-13(9-10-17-18(14,15)16-2)11-12-7-5-4-6-8-12/h4-8H,3,9-11H2,1-2H3. The zero-order valence-electron chi connectivity index (χ0n) is 10.7. The van der Waals surface area contributed by atoms with Gasteiger partial charge < -0.3 is 0 Å². The smallest absolute Gasteiger partial charge is 0.297 e. The molecule has 0 saturated heterocycles. The monoisotopic (exact) mass is 273 g/mol. The van der Waals surface area contributed by atoms with E-state index in [1.165, 1.54) is 5.56 Å². The Labute approximate surface area is 109 Å². The zero-order chi connectivity index (χ0) is 13.4. The summed E-state index contributed by atoms with van der Waals surface area (Å²) >= 11 is 0. The van der Waals surface area contributed by atoms with Crippen molar-refractivity contribution in [2.75, 3.05) is 26.8 Å². The molecule has 0 bridgehead atoms. The molecule has 0 aliphatic rings. The van der Waals surface area contributed by atoms with Crippen LogP contribution in [0.2, 0.25) is 0 Å². The van der Waals surface area contributed by atoms with Gasteiger partial charge in [-0.2, -0.15) is 8.42 Å². The van der Waals surface area contributed by atoms with Crippen molar-refractivity contribution in [1.82, 2.24) is 4.90 Å². The lowest BCUT2D eigenvalue weighted by Gasteiger charge is -2.19. The second-order valence-electron chi connectivity index (χ2n) is 3.75. The predicted molar refractivity (Wildman–Crippen MR) is 69.3 cm³/mol. The molecule has 0 aromatic heterocycles. The molecule has 0 amide bonds. The minimum atomic E-state index is -3.82. The molecule has 0 saturated carbocycles. The van der Waals surface area contributed by atoms with E-state index in [2.05, 4.69) is 13.3 Å². The lowest BCUT2D eigenvalue weighted by Crippen LogP contribution is -2.28. The Kier molecular flexibility index (Phi) is 6.28. The maximum absolute atomic E-state index is 11.0. The molecule has 0 radical (unpaired) electrons. The minimum Gasteiger partial charge on any atom is -0.297 e. The number of benzene rings is 1. The van der Waals surface area contributed by atoms with Crippen LogP contribution in [0.4, 0.5) is 0 Å². The van der Waals surface area contributed by atoms with E-state index >= 15 is 0 Å². The zero-order valence-corrected chi connectivity index (χ0v) is 11.5. The van der Waals surface area contributed by atoms with Gasteiger partial charge in [0.2, 0.25) is 0 Å². The Morgan fingerprint density at radius 2 is 1.89 bits per heavy atom. The lowest BCUT2D eigenvalue weighted by molar-refractivity contribution is 0.189. The van der Waals surface area contributed by atoms with Gasteiger partial charge in [-0.05, 0) is 12.1 Å². The van der Waals surface area contributed by atoms with Crippen LogP contribution in [0.1, 0.15) is 12.5 Å². The van der Waals surface area contributed by atoms with Crippen molar-refractivity contribution in [3.8, 4) is 0 Å². The molecule has 0 aliphatic heterocycles. The third-order valence-electron chi connectivity index (χ3n) is 2.54. The molecule has 6 heteroatoms. The summed E-state index contributed by atoms with van der Waals surface area (Å²) in [5.74, 6) is 0. The average molecular weight is 273 g/mol. The fraction of sp³-hybridized carbons (Fsp3) is 0.500. The van der Waals surface area contributed by atoms with Crippen LogP contribution in [0, 0.1) is 0 Å². The van der Waals surface area contributed by atoms with E-state index in [1.807, 2.05) is 37.3 Å². The fourth-order valence-electron chi connectivity index (χ4n) is 1.51. The normalized spacial score (nSPS) is 11.9. The molecular weight excluding hydrogens is 254 g/mol. The molecule has 0 fully saturated rings. The predicted octanol–water partition coefficient (Wildman–Crippen LogP) is 1.42. The van der Waals surface area contributed by atoms with Gasteiger partial charge in [-0.3, -0.25) is 9.08 Å². The minimum absolute atomic E-state index is 0.0941. The Morgan fingerprint density at radius 3 is 2.44 bits per heavy atom. The van der Waals surface area contributed by atoms with Crippen molar-refractivity contribution in [2.24, 2.45) is 0 Å². The number of hydrogen-bond acceptors (Lipinski definition) is 5. The quantitative estimate of drug-likeness (QED) is 0.717. The van der Waals surface area contributed by atoms with Gasteiger partial charge in [0.15, 0.2) is 0 Å². The summed E-state index contributed by atoms with van der Waals surface area (Å²) in [5.41, 5.74) is 1.19. The number of nitrogens with zero attached hydrogens (tertiary/aromatic N) is 1. The number of hydrogen-bond donors (Lipinski definition) is 0. The third kappa shape index (κ3) is 5.59. The Morgan fingerprint density at radius 1 is 1.22 bits per heavy atom. The van der Waals surface area contributed by atoms with Crippen LogP contribution in [-0.2, 0) is 25.3 Å². The molecule has 102 valence electrons. The van der Waals surface area contributed by atoms with Crippen LogP contribution in [-0.4, -0.2) is 40.1 Å². The number of rotatable bonds is 8. The fourth-order valence-corrected chi connectivity index (χ4v) is 1.88. The molecule has 18 heavy (non-hydrogen) atoms. The molecule has 0 unspecified atom stereocenters. The van der Waals surface area contributed by atoms with E-state index in [0.29, 0.717) is 6.54 Å². The molecule has 0 spiro atoms. The van der Waals surface area contributed by atoms with Crippen LogP contribution in [0.3, 0.4) is 0 Å². The largest absolute Gasteiger partial charge is 0.399 e. The Bertz CT molecular complexity index is 433. The first-order valence-corrected chi connectivity index (χ1v) is 7.12. The van der Waals surface area contributed by atoms with E-state index in [-0.39, 0.29) is 6.61 Å². The summed E-state index contributed by atoms with van der Waals surface area (Å²) in [5, 5.41) is 0. The van der Waals surface area contributed by atoms with Crippen molar-refractivity contribution < 1.29 is 16.8 Å². The summed E-state index contributed by atoms with van der Waals surface area (Å²) < 4.78 is 30.8. The van der Waals surface area contributed by atoms with Crippen LogP contribution in [0.5, 0.6) is 0 Å². The highest BCUT2D eigenvalue weighted by molar-refractivity contribution is 7.81. The van der Waals surface area contributed by atoms with Gasteiger partial charge in [-0.15, -0.1) is 0 Å². The Hall–Kier alpha value is -0.950. The Balaban J connectivity index is 2.39. The van der Waals surface area contributed by atoms with Gasteiger partial charge in [-0.1, -0.05) is 37.3 Å². The SMILES string of the molecule is CCN(CCOS(=O)(=O)OC)Cc1ccccc1. The van der Waals surface area contributed by atoms with Gasteiger partial charge in [0.1, 0.15) is 0 Å². The summed E-state index contributed by atoms with van der Waals surface area (Å²) in [6.45, 7) is 4.25. The highest BCUT2D eigenvalue weighted by Gasteiger charge is 2.10. The van der Waals surface area contributed by atoms with Crippen molar-refractivity contribution >= 4 is 10.4 Å². The molecule has 0 N–H and O–H groups in total.